The van der Waals surface area contributed by atoms with Crippen LogP contribution in [-0.4, -0.2) is 32.8 Å². The molecule has 1 amide bonds. The largest absolute Gasteiger partial charge is 0.357 e. The number of carbonyl (C=O) groups excluding carboxylic acids is 1. The summed E-state index contributed by atoms with van der Waals surface area (Å²) < 4.78 is 0.722. The Morgan fingerprint density at radius 3 is 2.85 bits per heavy atom. The minimum Gasteiger partial charge on any atom is -0.357 e. The predicted octanol–water partition coefficient (Wildman–Crippen LogP) is 4.23. The first-order valence-corrected chi connectivity index (χ1v) is 10.6. The Bertz CT molecular complexity index is 821. The fourth-order valence-electron chi connectivity index (χ4n) is 3.02. The summed E-state index contributed by atoms with van der Waals surface area (Å²) in [5.74, 6) is -0.0687. The molecule has 10 heteroatoms. The molecule has 1 aliphatic carbocycles. The lowest BCUT2D eigenvalue weighted by molar-refractivity contribution is -0.385. The van der Waals surface area contributed by atoms with Gasteiger partial charge in [0.1, 0.15) is 0 Å². The second-order valence-electron chi connectivity index (χ2n) is 6.40. The van der Waals surface area contributed by atoms with Gasteiger partial charge in [0.15, 0.2) is 4.34 Å². The smallest absolute Gasteiger partial charge is 0.274 e. The molecule has 1 fully saturated rings. The van der Waals surface area contributed by atoms with Crippen molar-refractivity contribution in [3.8, 4) is 0 Å². The van der Waals surface area contributed by atoms with E-state index in [1.165, 1.54) is 48.4 Å². The van der Waals surface area contributed by atoms with Gasteiger partial charge in [0.05, 0.1) is 21.9 Å². The van der Waals surface area contributed by atoms with Gasteiger partial charge in [-0.1, -0.05) is 48.4 Å². The normalized spacial score (nSPS) is 14.7. The molecule has 2 N–H and O–H groups in total. The predicted molar refractivity (Wildman–Crippen MR) is 108 cm³/mol. The SMILES string of the molecule is Cc1c(NC(=O)CSc2nnc(NC3CCCCC3)s2)cccc1[N+](=O)[O-]. The lowest BCUT2D eigenvalue weighted by atomic mass is 9.96. The summed E-state index contributed by atoms with van der Waals surface area (Å²) in [5, 5.41) is 26.2. The van der Waals surface area contributed by atoms with E-state index in [4.69, 9.17) is 0 Å². The number of nitrogens with zero attached hydrogens (tertiary/aromatic N) is 3. The maximum atomic E-state index is 12.2. The number of nitrogens with one attached hydrogen (secondary N) is 2. The van der Waals surface area contributed by atoms with Crippen LogP contribution >= 0.6 is 23.1 Å². The van der Waals surface area contributed by atoms with E-state index in [0.29, 0.717) is 17.3 Å². The first-order valence-electron chi connectivity index (χ1n) is 8.79. The summed E-state index contributed by atoms with van der Waals surface area (Å²) in [4.78, 5) is 22.7. The maximum absolute atomic E-state index is 12.2. The van der Waals surface area contributed by atoms with E-state index in [-0.39, 0.29) is 17.3 Å². The van der Waals surface area contributed by atoms with Gasteiger partial charge >= 0.3 is 0 Å². The summed E-state index contributed by atoms with van der Waals surface area (Å²) in [5.41, 5.74) is 0.880. The van der Waals surface area contributed by atoms with Gasteiger partial charge in [0.2, 0.25) is 11.0 Å². The molecule has 27 heavy (non-hydrogen) atoms. The Kier molecular flexibility index (Phi) is 6.62. The first-order chi connectivity index (χ1) is 13.0. The van der Waals surface area contributed by atoms with E-state index in [9.17, 15) is 14.9 Å². The molecule has 1 heterocycles. The van der Waals surface area contributed by atoms with Gasteiger partial charge in [-0.15, -0.1) is 10.2 Å². The number of anilines is 2. The Labute approximate surface area is 165 Å². The lowest BCUT2D eigenvalue weighted by Gasteiger charge is -2.21. The number of thioether (sulfide) groups is 1. The highest BCUT2D eigenvalue weighted by Crippen LogP contribution is 2.29. The van der Waals surface area contributed by atoms with Crippen LogP contribution in [0.2, 0.25) is 0 Å². The van der Waals surface area contributed by atoms with Gasteiger partial charge in [-0.2, -0.15) is 0 Å². The molecule has 0 radical (unpaired) electrons. The molecule has 3 rings (SSSR count). The number of nitro benzene ring substituents is 1. The monoisotopic (exact) mass is 407 g/mol. The molecule has 2 aromatic rings. The van der Waals surface area contributed by atoms with E-state index in [1.54, 1.807) is 19.1 Å². The maximum Gasteiger partial charge on any atom is 0.274 e. The highest BCUT2D eigenvalue weighted by Gasteiger charge is 2.17. The number of hydrogen-bond donors (Lipinski definition) is 2. The van der Waals surface area contributed by atoms with Gasteiger partial charge in [-0.25, -0.2) is 0 Å². The van der Waals surface area contributed by atoms with Crippen molar-refractivity contribution in [2.75, 3.05) is 16.4 Å². The number of benzene rings is 1. The highest BCUT2D eigenvalue weighted by atomic mass is 32.2. The quantitative estimate of drug-likeness (QED) is 0.401. The summed E-state index contributed by atoms with van der Waals surface area (Å²) in [6.45, 7) is 1.62. The minimum atomic E-state index is -0.457. The molecule has 1 aromatic carbocycles. The van der Waals surface area contributed by atoms with Crippen molar-refractivity contribution < 1.29 is 9.72 Å². The van der Waals surface area contributed by atoms with Crippen molar-refractivity contribution in [3.05, 3.63) is 33.9 Å². The third-order valence-corrected chi connectivity index (χ3v) is 6.43. The number of amides is 1. The Hall–Kier alpha value is -2.20. The van der Waals surface area contributed by atoms with Gasteiger partial charge in [-0.05, 0) is 25.8 Å². The molecule has 0 unspecified atom stereocenters. The number of nitro groups is 1. The van der Waals surface area contributed by atoms with Crippen molar-refractivity contribution in [3.63, 3.8) is 0 Å². The molecule has 1 saturated carbocycles. The fourth-order valence-corrected chi connectivity index (χ4v) is 4.65. The van der Waals surface area contributed by atoms with E-state index < -0.39 is 4.92 Å². The number of rotatable bonds is 7. The Morgan fingerprint density at radius 2 is 2.11 bits per heavy atom. The molecule has 0 spiro atoms. The van der Waals surface area contributed by atoms with Crippen molar-refractivity contribution in [1.82, 2.24) is 10.2 Å². The molecule has 0 bridgehead atoms. The zero-order chi connectivity index (χ0) is 19.2. The van der Waals surface area contributed by atoms with E-state index >= 15 is 0 Å². The topological polar surface area (TPSA) is 110 Å². The van der Waals surface area contributed by atoms with Crippen molar-refractivity contribution in [1.29, 1.82) is 0 Å². The molecule has 1 aliphatic rings. The van der Waals surface area contributed by atoms with Crippen LogP contribution in [0.15, 0.2) is 22.5 Å². The van der Waals surface area contributed by atoms with Crippen LogP contribution in [0.25, 0.3) is 0 Å². The summed E-state index contributed by atoms with van der Waals surface area (Å²) >= 11 is 2.75. The van der Waals surface area contributed by atoms with Crippen LogP contribution in [0, 0.1) is 17.0 Å². The van der Waals surface area contributed by atoms with Gasteiger partial charge in [0.25, 0.3) is 5.69 Å². The van der Waals surface area contributed by atoms with Crippen molar-refractivity contribution in [2.45, 2.75) is 49.4 Å². The molecule has 1 aromatic heterocycles. The molecule has 8 nitrogen and oxygen atoms in total. The van der Waals surface area contributed by atoms with Crippen LogP contribution in [0.4, 0.5) is 16.5 Å². The van der Waals surface area contributed by atoms with Crippen LogP contribution in [0.3, 0.4) is 0 Å². The summed E-state index contributed by atoms with van der Waals surface area (Å²) in [6, 6.07) is 5.09. The fraction of sp³-hybridized carbons (Fsp3) is 0.471. The molecule has 0 atom stereocenters. The molecular formula is C17H21N5O3S2. The zero-order valence-corrected chi connectivity index (χ0v) is 16.6. The average Bonchev–Trinajstić information content (AvgIpc) is 3.10. The summed E-state index contributed by atoms with van der Waals surface area (Å²) in [6.07, 6.45) is 6.11. The van der Waals surface area contributed by atoms with Crippen LogP contribution in [0.1, 0.15) is 37.7 Å². The molecule has 144 valence electrons. The second-order valence-corrected chi connectivity index (χ2v) is 8.60. The van der Waals surface area contributed by atoms with Gasteiger partial charge in [0, 0.05) is 12.1 Å². The van der Waals surface area contributed by atoms with Crippen LogP contribution < -0.4 is 10.6 Å². The van der Waals surface area contributed by atoms with E-state index in [2.05, 4.69) is 20.8 Å². The van der Waals surface area contributed by atoms with E-state index in [1.807, 2.05) is 0 Å². The van der Waals surface area contributed by atoms with Crippen molar-refractivity contribution in [2.24, 2.45) is 0 Å². The zero-order valence-electron chi connectivity index (χ0n) is 14.9. The highest BCUT2D eigenvalue weighted by molar-refractivity contribution is 8.01. The second kappa shape index (κ2) is 9.14. The first kappa shape index (κ1) is 19.6. The van der Waals surface area contributed by atoms with Crippen molar-refractivity contribution >= 4 is 45.5 Å². The van der Waals surface area contributed by atoms with Crippen LogP contribution in [-0.2, 0) is 4.79 Å². The molecule has 0 aliphatic heterocycles. The minimum absolute atomic E-state index is 0.0111. The number of carbonyl (C=O) groups is 1. The molecule has 0 saturated heterocycles. The Balaban J connectivity index is 1.51. The third kappa shape index (κ3) is 5.39. The lowest BCUT2D eigenvalue weighted by Crippen LogP contribution is -2.21. The average molecular weight is 408 g/mol. The van der Waals surface area contributed by atoms with Gasteiger partial charge in [-0.3, -0.25) is 14.9 Å². The number of aromatic nitrogens is 2. The van der Waals surface area contributed by atoms with Gasteiger partial charge < -0.3 is 10.6 Å². The third-order valence-electron chi connectivity index (χ3n) is 4.44. The number of hydrogen-bond acceptors (Lipinski definition) is 8. The summed E-state index contributed by atoms with van der Waals surface area (Å²) in [7, 11) is 0. The standard InChI is InChI=1S/C17H21N5O3S2/c1-11-13(8-5-9-14(11)22(24)25)19-15(23)10-26-17-21-20-16(27-17)18-12-6-3-2-4-7-12/h5,8-9,12H,2-4,6-7,10H2,1H3,(H,18,20)(H,19,23). The van der Waals surface area contributed by atoms with E-state index in [0.717, 1.165) is 22.3 Å². The molecular weight excluding hydrogens is 386 g/mol. The van der Waals surface area contributed by atoms with Crippen LogP contribution in [0.5, 0.6) is 0 Å². The Morgan fingerprint density at radius 1 is 1.33 bits per heavy atom.